The summed E-state index contributed by atoms with van der Waals surface area (Å²) in [4.78, 5) is 24.0. The van der Waals surface area contributed by atoms with Crippen LogP contribution in [0.5, 0.6) is 5.75 Å². The second kappa shape index (κ2) is 9.04. The standard InChI is InChI=1S/C21H26N2O3/c1-14(2)13-26-19-11-5-16(6-12-19)21(25)23-18-9-7-17(8-10-18)22-20(24)15(3)4/h5-12,14-15H,13H2,1-4H3,(H,22,24)(H,23,25). The van der Waals surface area contributed by atoms with Gasteiger partial charge in [-0.2, -0.15) is 0 Å². The monoisotopic (exact) mass is 354 g/mol. The molecule has 0 bridgehead atoms. The van der Waals surface area contributed by atoms with Gasteiger partial charge in [0.05, 0.1) is 6.61 Å². The highest BCUT2D eigenvalue weighted by Crippen LogP contribution is 2.17. The molecular weight excluding hydrogens is 328 g/mol. The van der Waals surface area contributed by atoms with Crippen molar-refractivity contribution in [3.8, 4) is 5.75 Å². The first-order chi connectivity index (χ1) is 12.3. The molecule has 0 saturated heterocycles. The Balaban J connectivity index is 1.93. The van der Waals surface area contributed by atoms with Crippen LogP contribution in [0.1, 0.15) is 38.1 Å². The van der Waals surface area contributed by atoms with Crippen molar-refractivity contribution >= 4 is 23.2 Å². The van der Waals surface area contributed by atoms with Gasteiger partial charge in [0.2, 0.25) is 5.91 Å². The molecule has 0 radical (unpaired) electrons. The Morgan fingerprint density at radius 1 is 0.846 bits per heavy atom. The number of ether oxygens (including phenoxy) is 1. The highest BCUT2D eigenvalue weighted by atomic mass is 16.5. The number of rotatable bonds is 7. The Labute approximate surface area is 154 Å². The second-order valence-electron chi connectivity index (χ2n) is 6.90. The third-order valence-electron chi connectivity index (χ3n) is 3.63. The van der Waals surface area contributed by atoms with Gasteiger partial charge in [0, 0.05) is 22.9 Å². The first-order valence-electron chi connectivity index (χ1n) is 8.80. The van der Waals surface area contributed by atoms with Gasteiger partial charge in [0.15, 0.2) is 0 Å². The van der Waals surface area contributed by atoms with Crippen molar-refractivity contribution < 1.29 is 14.3 Å². The fraction of sp³-hybridized carbons (Fsp3) is 0.333. The maximum atomic E-state index is 12.3. The predicted octanol–water partition coefficient (Wildman–Crippen LogP) is 4.57. The SMILES string of the molecule is CC(C)COc1ccc(C(=O)Nc2ccc(NC(=O)C(C)C)cc2)cc1. The Bertz CT molecular complexity index is 735. The molecule has 2 amide bonds. The van der Waals surface area contributed by atoms with Crippen molar-refractivity contribution in [1.29, 1.82) is 0 Å². The Kier molecular flexibility index (Phi) is 6.78. The van der Waals surface area contributed by atoms with Gasteiger partial charge in [-0.3, -0.25) is 9.59 Å². The van der Waals surface area contributed by atoms with E-state index >= 15 is 0 Å². The zero-order valence-electron chi connectivity index (χ0n) is 15.7. The molecule has 26 heavy (non-hydrogen) atoms. The van der Waals surface area contributed by atoms with E-state index in [0.717, 1.165) is 5.75 Å². The van der Waals surface area contributed by atoms with Gasteiger partial charge in [0.25, 0.3) is 5.91 Å². The third-order valence-corrected chi connectivity index (χ3v) is 3.63. The summed E-state index contributed by atoms with van der Waals surface area (Å²) in [6, 6.07) is 14.1. The summed E-state index contributed by atoms with van der Waals surface area (Å²) < 4.78 is 5.62. The van der Waals surface area contributed by atoms with Crippen LogP contribution in [-0.2, 0) is 4.79 Å². The van der Waals surface area contributed by atoms with E-state index in [2.05, 4.69) is 24.5 Å². The number of benzene rings is 2. The summed E-state index contributed by atoms with van der Waals surface area (Å²) in [6.07, 6.45) is 0. The number of amides is 2. The molecule has 0 saturated carbocycles. The lowest BCUT2D eigenvalue weighted by Gasteiger charge is -2.10. The van der Waals surface area contributed by atoms with Crippen LogP contribution >= 0.6 is 0 Å². The zero-order chi connectivity index (χ0) is 19.1. The average molecular weight is 354 g/mol. The summed E-state index contributed by atoms with van der Waals surface area (Å²) in [7, 11) is 0. The van der Waals surface area contributed by atoms with E-state index in [-0.39, 0.29) is 17.7 Å². The lowest BCUT2D eigenvalue weighted by atomic mass is 10.2. The quantitative estimate of drug-likeness (QED) is 0.765. The molecule has 138 valence electrons. The maximum Gasteiger partial charge on any atom is 0.255 e. The van der Waals surface area contributed by atoms with E-state index in [0.29, 0.717) is 29.5 Å². The average Bonchev–Trinajstić information content (AvgIpc) is 2.61. The number of carbonyl (C=O) groups excluding carboxylic acids is 2. The van der Waals surface area contributed by atoms with Gasteiger partial charge in [-0.25, -0.2) is 0 Å². The molecule has 0 fully saturated rings. The van der Waals surface area contributed by atoms with E-state index in [1.54, 1.807) is 48.5 Å². The lowest BCUT2D eigenvalue weighted by molar-refractivity contribution is -0.118. The number of nitrogens with one attached hydrogen (secondary N) is 2. The Morgan fingerprint density at radius 3 is 1.88 bits per heavy atom. The van der Waals surface area contributed by atoms with Gasteiger partial charge < -0.3 is 15.4 Å². The van der Waals surface area contributed by atoms with Crippen molar-refractivity contribution in [2.45, 2.75) is 27.7 Å². The third kappa shape index (κ3) is 5.92. The van der Waals surface area contributed by atoms with Crippen molar-refractivity contribution in [2.24, 2.45) is 11.8 Å². The van der Waals surface area contributed by atoms with E-state index in [4.69, 9.17) is 4.74 Å². The fourth-order valence-corrected chi connectivity index (χ4v) is 2.09. The topological polar surface area (TPSA) is 67.4 Å². The maximum absolute atomic E-state index is 12.3. The van der Waals surface area contributed by atoms with E-state index in [1.165, 1.54) is 0 Å². The van der Waals surface area contributed by atoms with Crippen LogP contribution in [0.15, 0.2) is 48.5 Å². The van der Waals surface area contributed by atoms with E-state index < -0.39 is 0 Å². The van der Waals surface area contributed by atoms with E-state index in [9.17, 15) is 9.59 Å². The molecule has 0 heterocycles. The molecule has 2 rings (SSSR count). The molecular formula is C21H26N2O3. The van der Waals surface area contributed by atoms with Crippen LogP contribution in [-0.4, -0.2) is 18.4 Å². The summed E-state index contributed by atoms with van der Waals surface area (Å²) in [5, 5.41) is 5.65. The summed E-state index contributed by atoms with van der Waals surface area (Å²) in [5.74, 6) is 0.884. The van der Waals surface area contributed by atoms with Crippen LogP contribution in [0.2, 0.25) is 0 Å². The van der Waals surface area contributed by atoms with Gasteiger partial charge in [-0.15, -0.1) is 0 Å². The predicted molar refractivity (Wildman–Crippen MR) is 105 cm³/mol. The molecule has 0 aromatic heterocycles. The number of carbonyl (C=O) groups is 2. The van der Waals surface area contributed by atoms with Gasteiger partial charge in [0.1, 0.15) is 5.75 Å². The molecule has 0 aliphatic carbocycles. The number of anilines is 2. The summed E-state index contributed by atoms with van der Waals surface area (Å²) in [5.41, 5.74) is 1.92. The highest BCUT2D eigenvalue weighted by molar-refractivity contribution is 6.04. The minimum absolute atomic E-state index is 0.0402. The largest absolute Gasteiger partial charge is 0.493 e. The molecule has 5 nitrogen and oxygen atoms in total. The summed E-state index contributed by atoms with van der Waals surface area (Å²) in [6.45, 7) is 8.49. The molecule has 2 aromatic carbocycles. The van der Waals surface area contributed by atoms with Crippen LogP contribution in [0.3, 0.4) is 0 Å². The number of hydrogen-bond acceptors (Lipinski definition) is 3. The van der Waals surface area contributed by atoms with Crippen LogP contribution in [0.25, 0.3) is 0 Å². The molecule has 0 atom stereocenters. The van der Waals surface area contributed by atoms with Crippen molar-refractivity contribution in [3.05, 3.63) is 54.1 Å². The normalized spacial score (nSPS) is 10.7. The first-order valence-corrected chi connectivity index (χ1v) is 8.80. The molecule has 2 N–H and O–H groups in total. The highest BCUT2D eigenvalue weighted by Gasteiger charge is 2.09. The van der Waals surface area contributed by atoms with Gasteiger partial charge >= 0.3 is 0 Å². The second-order valence-corrected chi connectivity index (χ2v) is 6.90. The van der Waals surface area contributed by atoms with Gasteiger partial charge in [-0.05, 0) is 54.4 Å². The van der Waals surface area contributed by atoms with Crippen LogP contribution < -0.4 is 15.4 Å². The zero-order valence-corrected chi connectivity index (χ0v) is 15.7. The first kappa shape index (κ1) is 19.5. The van der Waals surface area contributed by atoms with Crippen molar-refractivity contribution in [2.75, 3.05) is 17.2 Å². The molecule has 0 unspecified atom stereocenters. The Hall–Kier alpha value is -2.82. The number of hydrogen-bond donors (Lipinski definition) is 2. The van der Waals surface area contributed by atoms with Crippen molar-refractivity contribution in [3.63, 3.8) is 0 Å². The van der Waals surface area contributed by atoms with Gasteiger partial charge in [-0.1, -0.05) is 27.7 Å². The molecule has 2 aromatic rings. The minimum Gasteiger partial charge on any atom is -0.493 e. The summed E-state index contributed by atoms with van der Waals surface area (Å²) >= 11 is 0. The minimum atomic E-state index is -0.195. The van der Waals surface area contributed by atoms with E-state index in [1.807, 2.05) is 13.8 Å². The molecule has 0 aliphatic heterocycles. The van der Waals surface area contributed by atoms with Crippen molar-refractivity contribution in [1.82, 2.24) is 0 Å². The van der Waals surface area contributed by atoms with Crippen LogP contribution in [0.4, 0.5) is 11.4 Å². The molecule has 0 aliphatic rings. The fourth-order valence-electron chi connectivity index (χ4n) is 2.09. The molecule has 0 spiro atoms. The Morgan fingerprint density at radius 2 is 1.38 bits per heavy atom. The lowest BCUT2D eigenvalue weighted by Crippen LogP contribution is -2.17. The molecule has 5 heteroatoms. The van der Waals surface area contributed by atoms with Crippen LogP contribution in [0, 0.1) is 11.8 Å². The smallest absolute Gasteiger partial charge is 0.255 e.